The summed E-state index contributed by atoms with van der Waals surface area (Å²) in [5.41, 5.74) is 7.75. The van der Waals surface area contributed by atoms with Crippen LogP contribution < -0.4 is 4.74 Å². The number of para-hydroxylation sites is 1. The normalized spacial score (nSPS) is 10.8. The smallest absolute Gasteiger partial charge is 0.141 e. The monoisotopic (exact) mass is 742 g/mol. The first-order valence-electron chi connectivity index (χ1n) is 11.7. The SMILES string of the molecule is [Ir].[Y].[c-]1cc2c([c-]c1-c1[c-]cccc1)-c1nc3ccccc3cc1OC2.[c-]1ccccc1-c1ccccn1. The number of hydrogen-bond acceptors (Lipinski definition) is 3. The molecule has 2 aromatic heterocycles. The van der Waals surface area contributed by atoms with Crippen molar-refractivity contribution >= 4 is 10.9 Å². The standard InChI is InChI=1S/C22H12NO.C11H8N.Ir.Y/c1-2-6-15(7-3-1)16-10-11-18-14-24-21-13-17-8-4-5-9-20(17)23-22(21)19(18)12-16;1-2-6-10(7-3-1)11-8-4-5-9-12-11;;/h1-6,8-9,11,13H,14H2;1-6,8-9H;;/q-3;-1;;. The maximum atomic E-state index is 5.89. The van der Waals surface area contributed by atoms with Gasteiger partial charge in [-0.2, -0.15) is 23.3 Å². The van der Waals surface area contributed by atoms with E-state index >= 15 is 0 Å². The third-order valence-corrected chi connectivity index (χ3v) is 5.90. The van der Waals surface area contributed by atoms with Crippen LogP contribution in [0.1, 0.15) is 5.56 Å². The van der Waals surface area contributed by atoms with Crippen molar-refractivity contribution < 1.29 is 57.6 Å². The predicted octanol–water partition coefficient (Wildman–Crippen LogP) is 7.41. The summed E-state index contributed by atoms with van der Waals surface area (Å²) in [4.78, 5) is 9.03. The van der Waals surface area contributed by atoms with Gasteiger partial charge in [0, 0.05) is 71.0 Å². The second kappa shape index (κ2) is 13.2. The average Bonchev–Trinajstić information content (AvgIpc) is 2.97. The molecule has 3 nitrogen and oxygen atoms in total. The molecule has 5 heteroatoms. The quantitative estimate of drug-likeness (QED) is 0.174. The van der Waals surface area contributed by atoms with Crippen molar-refractivity contribution in [1.29, 1.82) is 0 Å². The molecule has 1 aliphatic rings. The van der Waals surface area contributed by atoms with Gasteiger partial charge in [-0.1, -0.05) is 30.3 Å². The third-order valence-electron chi connectivity index (χ3n) is 5.90. The Morgan fingerprint density at radius 2 is 1.50 bits per heavy atom. The van der Waals surface area contributed by atoms with Crippen LogP contribution in [0.5, 0.6) is 5.75 Å². The van der Waals surface area contributed by atoms with Crippen LogP contribution in [0.15, 0.2) is 109 Å². The number of benzene rings is 4. The maximum absolute atomic E-state index is 5.89. The Kier molecular flexibility index (Phi) is 9.71. The van der Waals surface area contributed by atoms with E-state index in [2.05, 4.69) is 35.3 Å². The van der Waals surface area contributed by atoms with Gasteiger partial charge >= 0.3 is 0 Å². The first kappa shape index (κ1) is 28.0. The Bertz CT molecular complexity index is 1590. The molecule has 0 N–H and O–H groups in total. The van der Waals surface area contributed by atoms with Crippen molar-refractivity contribution in [2.45, 2.75) is 6.61 Å². The topological polar surface area (TPSA) is 35.0 Å². The summed E-state index contributed by atoms with van der Waals surface area (Å²) in [6, 6.07) is 46.8. The zero-order valence-corrected chi connectivity index (χ0v) is 25.5. The molecule has 0 atom stereocenters. The van der Waals surface area contributed by atoms with E-state index in [9.17, 15) is 0 Å². The van der Waals surface area contributed by atoms with E-state index in [0.717, 1.165) is 55.9 Å². The molecule has 0 saturated carbocycles. The summed E-state index contributed by atoms with van der Waals surface area (Å²) >= 11 is 0. The van der Waals surface area contributed by atoms with Gasteiger partial charge in [0.1, 0.15) is 5.75 Å². The van der Waals surface area contributed by atoms with Gasteiger partial charge in [0.05, 0.1) is 11.2 Å². The Balaban J connectivity index is 0.000000205. The summed E-state index contributed by atoms with van der Waals surface area (Å²) in [5, 5.41) is 1.08. The molecule has 0 amide bonds. The second-order valence-corrected chi connectivity index (χ2v) is 8.27. The Morgan fingerprint density at radius 1 is 0.763 bits per heavy atom. The molecule has 0 bridgehead atoms. The molecule has 0 saturated heterocycles. The molecule has 0 unspecified atom stereocenters. The van der Waals surface area contributed by atoms with Crippen LogP contribution in [-0.4, -0.2) is 9.97 Å². The van der Waals surface area contributed by atoms with Gasteiger partial charge in [-0.3, -0.25) is 0 Å². The zero-order valence-electron chi connectivity index (χ0n) is 20.3. The van der Waals surface area contributed by atoms with E-state index in [4.69, 9.17) is 9.72 Å². The van der Waals surface area contributed by atoms with Crippen molar-refractivity contribution in [3.63, 3.8) is 0 Å². The van der Waals surface area contributed by atoms with Gasteiger partial charge in [-0.05, 0) is 23.9 Å². The average molecular weight is 742 g/mol. The van der Waals surface area contributed by atoms with Gasteiger partial charge < -0.3 is 33.0 Å². The van der Waals surface area contributed by atoms with Crippen LogP contribution in [0, 0.1) is 24.3 Å². The number of aromatic nitrogens is 2. The third kappa shape index (κ3) is 6.17. The fraction of sp³-hybridized carbons (Fsp3) is 0.0303. The van der Waals surface area contributed by atoms with E-state index in [-0.39, 0.29) is 52.8 Å². The van der Waals surface area contributed by atoms with E-state index in [1.807, 2.05) is 97.1 Å². The van der Waals surface area contributed by atoms with Gasteiger partial charge in [0.2, 0.25) is 0 Å². The molecule has 7 rings (SSSR count). The van der Waals surface area contributed by atoms with E-state index in [0.29, 0.717) is 6.61 Å². The van der Waals surface area contributed by atoms with Crippen molar-refractivity contribution in [2.75, 3.05) is 0 Å². The fourth-order valence-electron chi connectivity index (χ4n) is 4.11. The minimum absolute atomic E-state index is 0. The van der Waals surface area contributed by atoms with E-state index in [1.165, 1.54) is 0 Å². The van der Waals surface area contributed by atoms with Gasteiger partial charge in [-0.25, -0.2) is 23.2 Å². The Hall–Kier alpha value is -3.01. The minimum Gasteiger partial charge on any atom is -0.504 e. The van der Waals surface area contributed by atoms with Crippen LogP contribution in [-0.2, 0) is 59.4 Å². The van der Waals surface area contributed by atoms with E-state index in [1.54, 1.807) is 6.20 Å². The van der Waals surface area contributed by atoms with E-state index < -0.39 is 0 Å². The summed E-state index contributed by atoms with van der Waals surface area (Å²) in [7, 11) is 0. The number of hydrogen-bond donors (Lipinski definition) is 0. The molecule has 0 spiro atoms. The molecule has 2 radical (unpaired) electrons. The molecule has 184 valence electrons. The molecule has 0 aliphatic carbocycles. The molecule has 6 aromatic rings. The largest absolute Gasteiger partial charge is 0.504 e. The predicted molar refractivity (Wildman–Crippen MR) is 142 cm³/mol. The number of nitrogens with zero attached hydrogens (tertiary/aromatic N) is 2. The van der Waals surface area contributed by atoms with Crippen molar-refractivity contribution in [1.82, 2.24) is 9.97 Å². The number of fused-ring (bicyclic) bond motifs is 4. The van der Waals surface area contributed by atoms with Crippen LogP contribution in [0.25, 0.3) is 44.5 Å². The molecular formula is C33H20IrN2OY-4. The molecule has 38 heavy (non-hydrogen) atoms. The Morgan fingerprint density at radius 3 is 2.24 bits per heavy atom. The van der Waals surface area contributed by atoms with Crippen LogP contribution >= 0.6 is 0 Å². The van der Waals surface area contributed by atoms with Gasteiger partial charge in [-0.15, -0.1) is 42.0 Å². The second-order valence-electron chi connectivity index (χ2n) is 8.27. The summed E-state index contributed by atoms with van der Waals surface area (Å²) in [5.74, 6) is 0.812. The first-order valence-corrected chi connectivity index (χ1v) is 11.7. The van der Waals surface area contributed by atoms with Crippen molar-refractivity contribution in [3.8, 4) is 39.4 Å². The molecular weight excluding hydrogens is 721 g/mol. The molecule has 3 heterocycles. The van der Waals surface area contributed by atoms with Crippen LogP contribution in [0.4, 0.5) is 0 Å². The summed E-state index contributed by atoms with van der Waals surface area (Å²) < 4.78 is 5.89. The fourth-order valence-corrected chi connectivity index (χ4v) is 4.11. The molecule has 4 aromatic carbocycles. The van der Waals surface area contributed by atoms with Crippen molar-refractivity contribution in [3.05, 3.63) is 139 Å². The maximum Gasteiger partial charge on any atom is 0.141 e. The molecule has 1 aliphatic heterocycles. The van der Waals surface area contributed by atoms with Crippen LogP contribution in [0.3, 0.4) is 0 Å². The summed E-state index contributed by atoms with van der Waals surface area (Å²) in [6.45, 7) is 0.522. The van der Waals surface area contributed by atoms with Gasteiger partial charge in [0.25, 0.3) is 0 Å². The number of ether oxygens (including phenoxy) is 1. The van der Waals surface area contributed by atoms with Gasteiger partial charge in [0.15, 0.2) is 0 Å². The molecule has 0 fully saturated rings. The summed E-state index contributed by atoms with van der Waals surface area (Å²) in [6.07, 6.45) is 1.79. The number of rotatable bonds is 2. The van der Waals surface area contributed by atoms with Crippen molar-refractivity contribution in [2.24, 2.45) is 0 Å². The first-order chi connectivity index (χ1) is 17.8. The minimum atomic E-state index is 0. The zero-order chi connectivity index (χ0) is 24.2. The van der Waals surface area contributed by atoms with Crippen LogP contribution in [0.2, 0.25) is 0 Å². The number of pyridine rings is 2. The Labute approximate surface area is 261 Å².